The number of nitrogens with one attached hydrogen (secondary N) is 1. The van der Waals surface area contributed by atoms with Gasteiger partial charge in [-0.1, -0.05) is 0 Å². The van der Waals surface area contributed by atoms with Gasteiger partial charge in [0.05, 0.1) is 16.3 Å². The van der Waals surface area contributed by atoms with Crippen LogP contribution in [0.4, 0.5) is 5.69 Å². The second kappa shape index (κ2) is 5.81. The second-order valence-electron chi connectivity index (χ2n) is 5.69. The number of aromatic nitrogens is 3. The number of aryl methyl sites for hydroxylation is 1. The molecule has 0 unspecified atom stereocenters. The van der Waals surface area contributed by atoms with Crippen LogP contribution in [-0.4, -0.2) is 26.2 Å². The summed E-state index contributed by atoms with van der Waals surface area (Å²) >= 11 is 1.55. The number of benzene rings is 1. The molecule has 1 aliphatic rings. The molecule has 3 aromatic rings. The van der Waals surface area contributed by atoms with Gasteiger partial charge in [-0.05, 0) is 19.1 Å². The van der Waals surface area contributed by atoms with Crippen molar-refractivity contribution in [2.75, 3.05) is 6.54 Å². The molecule has 0 aliphatic carbocycles. The lowest BCUT2D eigenvalue weighted by molar-refractivity contribution is -0.385. The maximum absolute atomic E-state index is 11.0. The van der Waals surface area contributed by atoms with E-state index in [9.17, 15) is 10.1 Å². The van der Waals surface area contributed by atoms with Crippen molar-refractivity contribution in [3.8, 4) is 16.4 Å². The van der Waals surface area contributed by atoms with E-state index in [2.05, 4.69) is 10.3 Å². The molecule has 1 aromatic carbocycles. The summed E-state index contributed by atoms with van der Waals surface area (Å²) in [7, 11) is 0. The number of nitrogens with zero attached hydrogens (tertiary/aromatic N) is 4. The summed E-state index contributed by atoms with van der Waals surface area (Å²) in [6.45, 7) is 3.40. The van der Waals surface area contributed by atoms with E-state index in [1.54, 1.807) is 36.6 Å². The van der Waals surface area contributed by atoms with E-state index in [1.807, 2.05) is 16.1 Å². The van der Waals surface area contributed by atoms with Crippen LogP contribution in [-0.2, 0) is 13.0 Å². The fraction of sp³-hybridized carbons (Fsp3) is 0.250. The number of thiazole rings is 1. The second-order valence-corrected chi connectivity index (χ2v) is 6.56. The molecule has 0 saturated heterocycles. The number of fused-ring (bicyclic) bond motifs is 1. The number of nitro groups is 1. The Bertz CT molecular complexity index is 917. The number of hydrogen-bond donors (Lipinski definition) is 1. The van der Waals surface area contributed by atoms with Gasteiger partial charge < -0.3 is 5.32 Å². The van der Waals surface area contributed by atoms with Gasteiger partial charge in [0.25, 0.3) is 5.69 Å². The Labute approximate surface area is 142 Å². The molecule has 8 heteroatoms. The molecule has 0 spiro atoms. The lowest BCUT2D eigenvalue weighted by Gasteiger charge is -2.14. The minimum atomic E-state index is -0.357. The van der Waals surface area contributed by atoms with Crippen molar-refractivity contribution < 1.29 is 4.92 Å². The topological polar surface area (TPSA) is 85.9 Å². The standard InChI is InChI=1S/C16H15N5O2S/c1-10-8-11(2-3-13(10)21(22)23)15-12-9-17-5-4-14(12)20(19-15)16-18-6-7-24-16/h2-3,6-8,17H,4-5,9H2,1H3. The first-order chi connectivity index (χ1) is 11.6. The van der Waals surface area contributed by atoms with Crippen molar-refractivity contribution in [2.24, 2.45) is 0 Å². The minimum Gasteiger partial charge on any atom is -0.312 e. The van der Waals surface area contributed by atoms with Crippen LogP contribution in [0, 0.1) is 17.0 Å². The molecule has 0 amide bonds. The Morgan fingerprint density at radius 2 is 2.29 bits per heavy atom. The molecule has 0 bridgehead atoms. The molecule has 1 N–H and O–H groups in total. The third-order valence-corrected chi connectivity index (χ3v) is 4.94. The summed E-state index contributed by atoms with van der Waals surface area (Å²) < 4.78 is 1.91. The van der Waals surface area contributed by atoms with E-state index in [0.717, 1.165) is 47.2 Å². The molecule has 122 valence electrons. The Kier molecular flexibility index (Phi) is 3.62. The van der Waals surface area contributed by atoms with E-state index in [0.29, 0.717) is 5.56 Å². The average molecular weight is 341 g/mol. The van der Waals surface area contributed by atoms with Crippen molar-refractivity contribution in [3.63, 3.8) is 0 Å². The van der Waals surface area contributed by atoms with Crippen LogP contribution < -0.4 is 5.32 Å². The van der Waals surface area contributed by atoms with Crippen LogP contribution in [0.25, 0.3) is 16.4 Å². The van der Waals surface area contributed by atoms with Gasteiger partial charge in [0.2, 0.25) is 5.13 Å². The Hall–Kier alpha value is -2.58. The van der Waals surface area contributed by atoms with Gasteiger partial charge >= 0.3 is 0 Å². The maximum Gasteiger partial charge on any atom is 0.272 e. The smallest absolute Gasteiger partial charge is 0.272 e. The van der Waals surface area contributed by atoms with Crippen LogP contribution in [0.2, 0.25) is 0 Å². The van der Waals surface area contributed by atoms with Crippen LogP contribution in [0.3, 0.4) is 0 Å². The van der Waals surface area contributed by atoms with Crippen molar-refractivity contribution in [1.29, 1.82) is 0 Å². The Morgan fingerprint density at radius 1 is 1.42 bits per heavy atom. The highest BCUT2D eigenvalue weighted by atomic mass is 32.1. The molecule has 0 saturated carbocycles. The largest absolute Gasteiger partial charge is 0.312 e. The molecule has 0 radical (unpaired) electrons. The molecule has 24 heavy (non-hydrogen) atoms. The van der Waals surface area contributed by atoms with Crippen LogP contribution >= 0.6 is 11.3 Å². The first kappa shape index (κ1) is 15.0. The van der Waals surface area contributed by atoms with Gasteiger partial charge in [0.1, 0.15) is 0 Å². The van der Waals surface area contributed by atoms with Gasteiger partial charge in [0, 0.05) is 53.8 Å². The normalized spacial score (nSPS) is 13.7. The third-order valence-electron chi connectivity index (χ3n) is 4.20. The molecular weight excluding hydrogens is 326 g/mol. The number of rotatable bonds is 3. The van der Waals surface area contributed by atoms with Crippen molar-refractivity contribution in [1.82, 2.24) is 20.1 Å². The maximum atomic E-state index is 11.0. The van der Waals surface area contributed by atoms with Gasteiger partial charge in [-0.25, -0.2) is 9.67 Å². The molecule has 4 rings (SSSR count). The Balaban J connectivity index is 1.87. The molecule has 1 aliphatic heterocycles. The first-order valence-electron chi connectivity index (χ1n) is 7.62. The fourth-order valence-electron chi connectivity index (χ4n) is 3.07. The van der Waals surface area contributed by atoms with Crippen molar-refractivity contribution >= 4 is 17.0 Å². The summed E-state index contributed by atoms with van der Waals surface area (Å²) in [5.74, 6) is 0. The van der Waals surface area contributed by atoms with Gasteiger partial charge in [-0.3, -0.25) is 10.1 Å². The molecule has 3 heterocycles. The zero-order valence-corrected chi connectivity index (χ0v) is 13.8. The van der Waals surface area contributed by atoms with E-state index >= 15 is 0 Å². The van der Waals surface area contributed by atoms with E-state index < -0.39 is 0 Å². The molecular formula is C16H15N5O2S. The molecule has 0 atom stereocenters. The summed E-state index contributed by atoms with van der Waals surface area (Å²) in [6.07, 6.45) is 2.65. The first-order valence-corrected chi connectivity index (χ1v) is 8.50. The van der Waals surface area contributed by atoms with Crippen LogP contribution in [0.1, 0.15) is 16.8 Å². The predicted octanol–water partition coefficient (Wildman–Crippen LogP) is 2.86. The highest BCUT2D eigenvalue weighted by Crippen LogP contribution is 2.32. The summed E-state index contributed by atoms with van der Waals surface area (Å²) in [6, 6.07) is 5.16. The molecule has 7 nitrogen and oxygen atoms in total. The zero-order chi connectivity index (χ0) is 16.7. The fourth-order valence-corrected chi connectivity index (χ4v) is 3.68. The highest BCUT2D eigenvalue weighted by Gasteiger charge is 2.24. The third kappa shape index (κ3) is 2.40. The lowest BCUT2D eigenvalue weighted by atomic mass is 10.0. The molecule has 2 aromatic heterocycles. The summed E-state index contributed by atoms with van der Waals surface area (Å²) in [4.78, 5) is 15.0. The zero-order valence-electron chi connectivity index (χ0n) is 13.0. The summed E-state index contributed by atoms with van der Waals surface area (Å²) in [5, 5.41) is 22.0. The minimum absolute atomic E-state index is 0.130. The quantitative estimate of drug-likeness (QED) is 0.585. The SMILES string of the molecule is Cc1cc(-c2nn(-c3nccs3)c3c2CNCC3)ccc1[N+](=O)[O-]. The van der Waals surface area contributed by atoms with Gasteiger partial charge in [-0.2, -0.15) is 5.10 Å². The number of hydrogen-bond acceptors (Lipinski definition) is 6. The average Bonchev–Trinajstić information content (AvgIpc) is 3.22. The van der Waals surface area contributed by atoms with Crippen molar-refractivity contribution in [2.45, 2.75) is 19.9 Å². The van der Waals surface area contributed by atoms with E-state index in [1.165, 1.54) is 0 Å². The number of nitro benzene ring substituents is 1. The van der Waals surface area contributed by atoms with Crippen LogP contribution in [0.5, 0.6) is 0 Å². The monoisotopic (exact) mass is 341 g/mol. The lowest BCUT2D eigenvalue weighted by Crippen LogP contribution is -2.24. The Morgan fingerprint density at radius 3 is 3.00 bits per heavy atom. The van der Waals surface area contributed by atoms with Crippen LogP contribution in [0.15, 0.2) is 29.8 Å². The predicted molar refractivity (Wildman–Crippen MR) is 91.5 cm³/mol. The van der Waals surface area contributed by atoms with Gasteiger partial charge in [-0.15, -0.1) is 11.3 Å². The van der Waals surface area contributed by atoms with E-state index in [-0.39, 0.29) is 10.6 Å². The van der Waals surface area contributed by atoms with E-state index in [4.69, 9.17) is 5.10 Å². The molecule has 0 fully saturated rings. The highest BCUT2D eigenvalue weighted by molar-refractivity contribution is 7.12. The van der Waals surface area contributed by atoms with Gasteiger partial charge in [0.15, 0.2) is 0 Å². The van der Waals surface area contributed by atoms with Crippen molar-refractivity contribution in [3.05, 3.63) is 56.7 Å². The summed E-state index contributed by atoms with van der Waals surface area (Å²) in [5.41, 5.74) is 4.84.